The number of hydrogen-bond acceptors (Lipinski definition) is 1. The van der Waals surface area contributed by atoms with Crippen LogP contribution >= 0.6 is 59.4 Å². The second-order valence-electron chi connectivity index (χ2n) is 3.59. The minimum absolute atomic E-state index is 0.592. The molecule has 0 aromatic heterocycles. The molecule has 1 atom stereocenters. The molecule has 1 nitrogen and oxygen atoms in total. The van der Waals surface area contributed by atoms with E-state index in [0.717, 1.165) is 19.3 Å². The fourth-order valence-corrected chi connectivity index (χ4v) is 2.97. The van der Waals surface area contributed by atoms with Gasteiger partial charge in [-0.25, -0.2) is 0 Å². The minimum Gasteiger partial charge on any atom is -0.373 e. The molecule has 1 unspecified atom stereocenters. The summed E-state index contributed by atoms with van der Waals surface area (Å²) in [5.74, 6) is 0. The smallest absolute Gasteiger partial charge is 0.167 e. The number of rotatable bonds is 5. The molecule has 0 spiro atoms. The molecule has 5 heteroatoms. The Morgan fingerprint density at radius 3 is 2.07 bits per heavy atom. The number of hydrogen-bond donors (Lipinski definition) is 1. The van der Waals surface area contributed by atoms with Crippen molar-refractivity contribution in [3.05, 3.63) is 10.6 Å². The van der Waals surface area contributed by atoms with Gasteiger partial charge in [0.25, 0.3) is 0 Å². The number of unbranched alkanes of at least 4 members (excludes halogenated alkanes) is 1. The zero-order valence-electron chi connectivity index (χ0n) is 9.08. The first-order valence-electron chi connectivity index (χ1n) is 4.79. The van der Waals surface area contributed by atoms with E-state index < -0.39 is 7.74 Å². The third-order valence-corrected chi connectivity index (χ3v) is 6.90. The van der Waals surface area contributed by atoms with Gasteiger partial charge in [-0.2, -0.15) is 0 Å². The average Bonchev–Trinajstić information content (AvgIpc) is 2.13. The first-order valence-corrected chi connectivity index (χ1v) is 7.55. The number of alkyl halides is 3. The molecule has 0 amide bonds. The Kier molecular flexibility index (Phi) is 6.99. The third-order valence-electron chi connectivity index (χ3n) is 2.34. The minimum atomic E-state index is -1.18. The fourth-order valence-electron chi connectivity index (χ4n) is 1.07. The van der Waals surface area contributed by atoms with Crippen molar-refractivity contribution >= 4 is 59.4 Å². The van der Waals surface area contributed by atoms with E-state index in [1.807, 2.05) is 0 Å². The van der Waals surface area contributed by atoms with Gasteiger partial charge in [0.1, 0.15) is 3.23 Å². The molecule has 0 fully saturated rings. The van der Waals surface area contributed by atoms with E-state index in [0.29, 0.717) is 10.6 Å². The molecule has 0 aliphatic heterocycles. The lowest BCUT2D eigenvalue weighted by Gasteiger charge is -2.36. The summed E-state index contributed by atoms with van der Waals surface area (Å²) in [6.45, 7) is 5.68. The van der Waals surface area contributed by atoms with E-state index in [9.17, 15) is 5.11 Å². The van der Waals surface area contributed by atoms with E-state index in [-0.39, 0.29) is 0 Å². The van der Waals surface area contributed by atoms with E-state index in [4.69, 9.17) is 11.6 Å². The van der Waals surface area contributed by atoms with Gasteiger partial charge < -0.3 is 5.11 Å². The standard InChI is InChI=1S/C10H16Br3ClO/c1-4-5-6-9(11,12)10(13,15)7(2)8(3)14/h15H,4-6H2,1-3H3/b8-7+. The van der Waals surface area contributed by atoms with Crippen LogP contribution in [0.4, 0.5) is 0 Å². The van der Waals surface area contributed by atoms with Gasteiger partial charge in [-0.05, 0) is 41.8 Å². The molecule has 0 aromatic rings. The van der Waals surface area contributed by atoms with Crippen LogP contribution < -0.4 is 0 Å². The van der Waals surface area contributed by atoms with Gasteiger partial charge in [0.05, 0.1) is 0 Å². The second-order valence-corrected chi connectivity index (χ2v) is 9.07. The van der Waals surface area contributed by atoms with Crippen molar-refractivity contribution in [2.45, 2.75) is 47.8 Å². The second kappa shape index (κ2) is 6.39. The summed E-state index contributed by atoms with van der Waals surface area (Å²) in [4.78, 5) is 0. The van der Waals surface area contributed by atoms with Crippen molar-refractivity contribution in [2.24, 2.45) is 0 Å². The lowest BCUT2D eigenvalue weighted by Crippen LogP contribution is -2.41. The summed E-state index contributed by atoms with van der Waals surface area (Å²) in [7, 11) is 0. The highest BCUT2D eigenvalue weighted by atomic mass is 79.9. The maximum absolute atomic E-state index is 10.4. The van der Waals surface area contributed by atoms with E-state index in [1.165, 1.54) is 0 Å². The summed E-state index contributed by atoms with van der Waals surface area (Å²) in [5.41, 5.74) is 0.703. The Bertz CT molecular complexity index is 245. The highest BCUT2D eigenvalue weighted by Gasteiger charge is 2.46. The molecule has 0 aromatic carbocycles. The molecule has 0 aliphatic carbocycles. The molecule has 15 heavy (non-hydrogen) atoms. The van der Waals surface area contributed by atoms with Gasteiger partial charge in [0.2, 0.25) is 0 Å². The molecule has 0 rings (SSSR count). The van der Waals surface area contributed by atoms with Crippen LogP contribution in [-0.2, 0) is 0 Å². The summed E-state index contributed by atoms with van der Waals surface area (Å²) in [6.07, 6.45) is 2.89. The Balaban J connectivity index is 4.92. The van der Waals surface area contributed by atoms with Crippen LogP contribution in [0.15, 0.2) is 10.6 Å². The largest absolute Gasteiger partial charge is 0.373 e. The third kappa shape index (κ3) is 4.30. The van der Waals surface area contributed by atoms with E-state index >= 15 is 0 Å². The molecule has 0 radical (unpaired) electrons. The van der Waals surface area contributed by atoms with Gasteiger partial charge in [-0.1, -0.05) is 63.2 Å². The number of halogens is 4. The summed E-state index contributed by atoms with van der Waals surface area (Å²) in [5, 5.41) is 11.0. The summed E-state index contributed by atoms with van der Waals surface area (Å²) in [6, 6.07) is 0. The van der Waals surface area contributed by atoms with Crippen LogP contribution in [0.2, 0.25) is 0 Å². The Labute approximate surface area is 122 Å². The topological polar surface area (TPSA) is 20.2 Å². The maximum Gasteiger partial charge on any atom is 0.167 e. The van der Waals surface area contributed by atoms with Crippen LogP contribution in [0.3, 0.4) is 0 Å². The lowest BCUT2D eigenvalue weighted by atomic mass is 10.0. The molecule has 0 aliphatic rings. The first kappa shape index (κ1) is 16.4. The Morgan fingerprint density at radius 1 is 1.27 bits per heavy atom. The fraction of sp³-hybridized carbons (Fsp3) is 0.800. The zero-order chi connectivity index (χ0) is 12.3. The molecular formula is C10H16Br3ClO. The number of allylic oxidation sites excluding steroid dienone is 1. The van der Waals surface area contributed by atoms with Crippen molar-refractivity contribution in [3.8, 4) is 0 Å². The summed E-state index contributed by atoms with van der Waals surface area (Å²) < 4.78 is -1.77. The summed E-state index contributed by atoms with van der Waals surface area (Å²) >= 11 is 16.2. The van der Waals surface area contributed by atoms with E-state index in [1.54, 1.807) is 13.8 Å². The van der Waals surface area contributed by atoms with Crippen LogP contribution in [-0.4, -0.2) is 12.9 Å². The normalized spacial score (nSPS) is 18.4. The zero-order valence-corrected chi connectivity index (χ0v) is 14.6. The monoisotopic (exact) mass is 424 g/mol. The van der Waals surface area contributed by atoms with Gasteiger partial charge in [-0.3, -0.25) is 0 Å². The highest BCUT2D eigenvalue weighted by molar-refractivity contribution is 9.26. The highest BCUT2D eigenvalue weighted by Crippen LogP contribution is 2.50. The molecule has 90 valence electrons. The van der Waals surface area contributed by atoms with Gasteiger partial charge in [0.15, 0.2) is 4.51 Å². The predicted octanol–water partition coefficient (Wildman–Crippen LogP) is 5.28. The maximum atomic E-state index is 10.4. The van der Waals surface area contributed by atoms with Gasteiger partial charge >= 0.3 is 0 Å². The van der Waals surface area contributed by atoms with Gasteiger partial charge in [0, 0.05) is 5.03 Å². The van der Waals surface area contributed by atoms with Crippen LogP contribution in [0, 0.1) is 0 Å². The van der Waals surface area contributed by atoms with Crippen LogP contribution in [0.1, 0.15) is 40.0 Å². The lowest BCUT2D eigenvalue weighted by molar-refractivity contribution is 0.167. The Morgan fingerprint density at radius 2 is 1.73 bits per heavy atom. The SMILES string of the molecule is CCCCC(Br)(Br)C(O)(Br)/C(C)=C(\C)Cl. The molecule has 1 N–H and O–H groups in total. The van der Waals surface area contributed by atoms with Crippen LogP contribution in [0.5, 0.6) is 0 Å². The van der Waals surface area contributed by atoms with Crippen LogP contribution in [0.25, 0.3) is 0 Å². The van der Waals surface area contributed by atoms with Crippen molar-refractivity contribution < 1.29 is 5.11 Å². The predicted molar refractivity (Wildman–Crippen MR) is 78.2 cm³/mol. The van der Waals surface area contributed by atoms with Gasteiger partial charge in [-0.15, -0.1) is 0 Å². The average molecular weight is 427 g/mol. The van der Waals surface area contributed by atoms with Crippen molar-refractivity contribution in [1.29, 1.82) is 0 Å². The number of aliphatic hydroxyl groups is 1. The van der Waals surface area contributed by atoms with Crippen molar-refractivity contribution in [1.82, 2.24) is 0 Å². The quantitative estimate of drug-likeness (QED) is 0.592. The first-order chi connectivity index (χ1) is 6.66. The molecule has 0 bridgehead atoms. The molecular weight excluding hydrogens is 411 g/mol. The van der Waals surface area contributed by atoms with Crippen molar-refractivity contribution in [2.75, 3.05) is 0 Å². The molecule has 0 saturated heterocycles. The molecule has 0 saturated carbocycles. The molecule has 0 heterocycles. The van der Waals surface area contributed by atoms with E-state index in [2.05, 4.69) is 54.7 Å². The van der Waals surface area contributed by atoms with Crippen molar-refractivity contribution in [3.63, 3.8) is 0 Å². The Hall–Kier alpha value is 1.43.